The molecule has 0 aromatic heterocycles. The number of benzene rings is 1. The lowest BCUT2D eigenvalue weighted by Crippen LogP contribution is -2.27. The Kier molecular flexibility index (Phi) is 5.63. The molecule has 0 spiro atoms. The van der Waals surface area contributed by atoms with E-state index < -0.39 is 0 Å². The van der Waals surface area contributed by atoms with E-state index in [1.54, 1.807) is 12.1 Å². The predicted molar refractivity (Wildman–Crippen MR) is 65.8 cm³/mol. The van der Waals surface area contributed by atoms with Crippen molar-refractivity contribution in [2.24, 2.45) is 10.9 Å². The first-order chi connectivity index (χ1) is 8.61. The number of amides is 1. The summed E-state index contributed by atoms with van der Waals surface area (Å²) in [6, 6.07) is 5.92. The van der Waals surface area contributed by atoms with Crippen LogP contribution in [0.2, 0.25) is 0 Å². The number of halogens is 1. The Labute approximate surface area is 104 Å². The first-order valence-electron chi connectivity index (χ1n) is 5.59. The molecule has 0 aliphatic rings. The molecule has 18 heavy (non-hydrogen) atoms. The molecular weight excluding hydrogens is 237 g/mol. The SMILES string of the molecule is NC(CCCNC(=O)Cc1cccc(F)c1)=NO. The second-order valence-corrected chi connectivity index (χ2v) is 3.85. The van der Waals surface area contributed by atoms with Crippen molar-refractivity contribution in [3.8, 4) is 0 Å². The van der Waals surface area contributed by atoms with Crippen molar-refractivity contribution in [2.45, 2.75) is 19.3 Å². The van der Waals surface area contributed by atoms with E-state index in [0.717, 1.165) is 0 Å². The molecule has 0 fully saturated rings. The van der Waals surface area contributed by atoms with E-state index in [1.165, 1.54) is 12.1 Å². The van der Waals surface area contributed by atoms with Crippen molar-refractivity contribution in [2.75, 3.05) is 6.54 Å². The van der Waals surface area contributed by atoms with Crippen LogP contribution in [0.4, 0.5) is 4.39 Å². The molecule has 0 saturated heterocycles. The Hall–Kier alpha value is -2.11. The molecule has 0 aliphatic carbocycles. The van der Waals surface area contributed by atoms with Crippen LogP contribution in [0, 0.1) is 5.82 Å². The van der Waals surface area contributed by atoms with E-state index in [-0.39, 0.29) is 24.0 Å². The topological polar surface area (TPSA) is 87.7 Å². The summed E-state index contributed by atoms with van der Waals surface area (Å²) in [5.74, 6) is -0.401. The van der Waals surface area contributed by atoms with E-state index in [9.17, 15) is 9.18 Å². The van der Waals surface area contributed by atoms with Crippen molar-refractivity contribution in [1.82, 2.24) is 5.32 Å². The summed E-state index contributed by atoms with van der Waals surface area (Å²) in [6.45, 7) is 0.435. The lowest BCUT2D eigenvalue weighted by molar-refractivity contribution is -0.120. The molecule has 0 radical (unpaired) electrons. The van der Waals surface area contributed by atoms with Crippen molar-refractivity contribution in [1.29, 1.82) is 0 Å². The van der Waals surface area contributed by atoms with Gasteiger partial charge in [-0.25, -0.2) is 4.39 Å². The molecule has 4 N–H and O–H groups in total. The summed E-state index contributed by atoms with van der Waals surface area (Å²) >= 11 is 0. The molecule has 0 atom stereocenters. The van der Waals surface area contributed by atoms with Gasteiger partial charge in [-0.3, -0.25) is 4.79 Å². The van der Waals surface area contributed by atoms with Crippen molar-refractivity contribution in [3.63, 3.8) is 0 Å². The number of rotatable bonds is 6. The van der Waals surface area contributed by atoms with Crippen LogP contribution in [0.25, 0.3) is 0 Å². The van der Waals surface area contributed by atoms with Crippen molar-refractivity contribution >= 4 is 11.7 Å². The van der Waals surface area contributed by atoms with Gasteiger partial charge in [0, 0.05) is 13.0 Å². The highest BCUT2D eigenvalue weighted by Crippen LogP contribution is 2.04. The van der Waals surface area contributed by atoms with Crippen LogP contribution < -0.4 is 11.1 Å². The molecule has 0 bridgehead atoms. The normalized spacial score (nSPS) is 11.3. The predicted octanol–water partition coefficient (Wildman–Crippen LogP) is 1.01. The number of hydrogen-bond acceptors (Lipinski definition) is 3. The largest absolute Gasteiger partial charge is 0.409 e. The van der Waals surface area contributed by atoms with E-state index in [0.29, 0.717) is 24.9 Å². The van der Waals surface area contributed by atoms with Crippen molar-refractivity contribution < 1.29 is 14.4 Å². The lowest BCUT2D eigenvalue weighted by Gasteiger charge is -2.05. The summed E-state index contributed by atoms with van der Waals surface area (Å²) in [5.41, 5.74) is 5.90. The highest BCUT2D eigenvalue weighted by atomic mass is 19.1. The smallest absolute Gasteiger partial charge is 0.224 e. The highest BCUT2D eigenvalue weighted by Gasteiger charge is 2.03. The molecule has 0 unspecified atom stereocenters. The van der Waals surface area contributed by atoms with Crippen LogP contribution in [0.3, 0.4) is 0 Å². The van der Waals surface area contributed by atoms with E-state index in [2.05, 4.69) is 10.5 Å². The highest BCUT2D eigenvalue weighted by molar-refractivity contribution is 5.80. The Morgan fingerprint density at radius 3 is 2.94 bits per heavy atom. The van der Waals surface area contributed by atoms with Crippen LogP contribution in [0.1, 0.15) is 18.4 Å². The Morgan fingerprint density at radius 2 is 2.28 bits per heavy atom. The molecule has 1 rings (SSSR count). The van der Waals surface area contributed by atoms with Gasteiger partial charge in [0.2, 0.25) is 5.91 Å². The Bertz CT molecular complexity index is 435. The van der Waals surface area contributed by atoms with Crippen LogP contribution >= 0.6 is 0 Å². The van der Waals surface area contributed by atoms with Crippen LogP contribution in [0.5, 0.6) is 0 Å². The number of hydrogen-bond donors (Lipinski definition) is 3. The number of oxime groups is 1. The molecule has 1 aromatic rings. The van der Waals surface area contributed by atoms with Gasteiger partial charge in [-0.1, -0.05) is 17.3 Å². The first kappa shape index (κ1) is 14.0. The van der Waals surface area contributed by atoms with Gasteiger partial charge in [0.05, 0.1) is 6.42 Å². The summed E-state index contributed by atoms with van der Waals surface area (Å²) in [4.78, 5) is 11.5. The lowest BCUT2D eigenvalue weighted by atomic mass is 10.1. The van der Waals surface area contributed by atoms with Gasteiger partial charge in [-0.05, 0) is 24.1 Å². The van der Waals surface area contributed by atoms with Gasteiger partial charge in [-0.2, -0.15) is 0 Å². The average Bonchev–Trinajstić information content (AvgIpc) is 2.34. The number of nitrogens with two attached hydrogens (primary N) is 1. The number of amidine groups is 1. The van der Waals surface area contributed by atoms with Crippen LogP contribution in [-0.4, -0.2) is 23.5 Å². The molecular formula is C12H16FN3O2. The monoisotopic (exact) mass is 253 g/mol. The third-order valence-electron chi connectivity index (χ3n) is 2.31. The summed E-state index contributed by atoms with van der Waals surface area (Å²) in [6.07, 6.45) is 1.14. The van der Waals surface area contributed by atoms with E-state index in [4.69, 9.17) is 10.9 Å². The molecule has 98 valence electrons. The fourth-order valence-electron chi connectivity index (χ4n) is 1.44. The summed E-state index contributed by atoms with van der Waals surface area (Å²) in [7, 11) is 0. The van der Waals surface area contributed by atoms with E-state index >= 15 is 0 Å². The summed E-state index contributed by atoms with van der Waals surface area (Å²) in [5, 5.41) is 13.8. The molecule has 5 nitrogen and oxygen atoms in total. The minimum atomic E-state index is -0.354. The molecule has 1 aromatic carbocycles. The first-order valence-corrected chi connectivity index (χ1v) is 5.59. The molecule has 6 heteroatoms. The number of carbonyl (C=O) groups excluding carboxylic acids is 1. The maximum atomic E-state index is 12.9. The number of nitrogens with one attached hydrogen (secondary N) is 1. The molecule has 0 heterocycles. The van der Waals surface area contributed by atoms with Gasteiger partial charge in [0.1, 0.15) is 11.7 Å². The second kappa shape index (κ2) is 7.26. The average molecular weight is 253 g/mol. The standard InChI is InChI=1S/C12H16FN3O2/c13-10-4-1-3-9(7-10)8-12(17)15-6-2-5-11(14)16-18/h1,3-4,7,18H,2,5-6,8H2,(H2,14,16)(H,15,17). The maximum Gasteiger partial charge on any atom is 0.224 e. The van der Waals surface area contributed by atoms with E-state index in [1.807, 2.05) is 0 Å². The van der Waals surface area contributed by atoms with Gasteiger partial charge in [0.15, 0.2) is 0 Å². The maximum absolute atomic E-state index is 12.9. The summed E-state index contributed by atoms with van der Waals surface area (Å²) < 4.78 is 12.9. The van der Waals surface area contributed by atoms with Gasteiger partial charge in [0.25, 0.3) is 0 Å². The number of nitrogens with zero attached hydrogens (tertiary/aromatic N) is 1. The van der Waals surface area contributed by atoms with Gasteiger partial charge < -0.3 is 16.3 Å². The molecule has 1 amide bonds. The van der Waals surface area contributed by atoms with Gasteiger partial charge in [-0.15, -0.1) is 0 Å². The quantitative estimate of drug-likeness (QED) is 0.232. The zero-order valence-corrected chi connectivity index (χ0v) is 9.90. The fraction of sp³-hybridized carbons (Fsp3) is 0.333. The van der Waals surface area contributed by atoms with Crippen molar-refractivity contribution in [3.05, 3.63) is 35.6 Å². The van der Waals surface area contributed by atoms with Gasteiger partial charge >= 0.3 is 0 Å². The second-order valence-electron chi connectivity index (χ2n) is 3.85. The Morgan fingerprint density at radius 1 is 1.50 bits per heavy atom. The zero-order valence-electron chi connectivity index (χ0n) is 9.90. The minimum absolute atomic E-state index is 0.134. The van der Waals surface area contributed by atoms with Crippen LogP contribution in [-0.2, 0) is 11.2 Å². The zero-order chi connectivity index (χ0) is 13.4. The number of carbonyl (C=O) groups is 1. The van der Waals surface area contributed by atoms with Crippen LogP contribution in [0.15, 0.2) is 29.4 Å². The molecule has 0 aliphatic heterocycles. The Balaban J connectivity index is 2.26. The third kappa shape index (κ3) is 5.29. The fourth-order valence-corrected chi connectivity index (χ4v) is 1.44. The molecule has 0 saturated carbocycles. The third-order valence-corrected chi connectivity index (χ3v) is 2.31. The minimum Gasteiger partial charge on any atom is -0.409 e.